The van der Waals surface area contributed by atoms with Crippen molar-refractivity contribution in [3.63, 3.8) is 0 Å². The molecule has 6 heteroatoms. The third-order valence-electron chi connectivity index (χ3n) is 2.36. The van der Waals surface area contributed by atoms with Crippen LogP contribution in [0.2, 0.25) is 0 Å². The van der Waals surface area contributed by atoms with Crippen LogP contribution in [0.1, 0.15) is 30.8 Å². The van der Waals surface area contributed by atoms with Gasteiger partial charge in [-0.3, -0.25) is 4.68 Å². The van der Waals surface area contributed by atoms with E-state index in [4.69, 9.17) is 4.42 Å². The number of hydrogen-bond donors (Lipinski definition) is 1. The number of nitrogens with zero attached hydrogens (tertiary/aromatic N) is 2. The number of hydrogen-bond acceptors (Lipinski definition) is 3. The van der Waals surface area contributed by atoms with Crippen LogP contribution >= 0.6 is 31.9 Å². The lowest BCUT2D eigenvalue weighted by molar-refractivity contribution is 0.187. The first-order valence-electron chi connectivity index (χ1n) is 5.27. The smallest absolute Gasteiger partial charge is 0.183 e. The van der Waals surface area contributed by atoms with Gasteiger partial charge in [-0.05, 0) is 44.3 Å². The summed E-state index contributed by atoms with van der Waals surface area (Å²) >= 11 is 6.56. The van der Waals surface area contributed by atoms with E-state index in [1.54, 1.807) is 12.3 Å². The summed E-state index contributed by atoms with van der Waals surface area (Å²) in [6, 6.07) is 1.74. The van der Waals surface area contributed by atoms with Crippen molar-refractivity contribution < 1.29 is 9.52 Å². The molecule has 2 aromatic heterocycles. The molecule has 4 nitrogen and oxygen atoms in total. The molecule has 0 saturated heterocycles. The van der Waals surface area contributed by atoms with E-state index in [-0.39, 0.29) is 0 Å². The van der Waals surface area contributed by atoms with Crippen molar-refractivity contribution >= 4 is 31.9 Å². The van der Waals surface area contributed by atoms with Crippen LogP contribution in [0.5, 0.6) is 0 Å². The van der Waals surface area contributed by atoms with E-state index in [0.29, 0.717) is 10.4 Å². The fourth-order valence-corrected chi connectivity index (χ4v) is 2.14. The minimum Gasteiger partial charge on any atom is -0.450 e. The molecule has 2 rings (SSSR count). The quantitative estimate of drug-likeness (QED) is 0.904. The number of aliphatic hydroxyl groups is 1. The number of aromatic nitrogens is 2. The number of rotatable bonds is 4. The summed E-state index contributed by atoms with van der Waals surface area (Å²) in [5.41, 5.74) is 0.729. The maximum Gasteiger partial charge on any atom is 0.183 e. The molecule has 0 bridgehead atoms. The van der Waals surface area contributed by atoms with Gasteiger partial charge in [0, 0.05) is 18.3 Å². The Morgan fingerprint density at radius 2 is 2.29 bits per heavy atom. The van der Waals surface area contributed by atoms with Gasteiger partial charge >= 0.3 is 0 Å². The van der Waals surface area contributed by atoms with E-state index in [2.05, 4.69) is 43.9 Å². The molecule has 0 spiro atoms. The third-order valence-corrected chi connectivity index (χ3v) is 4.07. The second kappa shape index (κ2) is 5.37. The second-order valence-electron chi connectivity index (χ2n) is 3.71. The molecule has 0 saturated carbocycles. The molecule has 1 unspecified atom stereocenters. The zero-order valence-electron chi connectivity index (χ0n) is 9.23. The number of aliphatic hydroxyl groups excluding tert-OH is 1. The Morgan fingerprint density at radius 1 is 1.53 bits per heavy atom. The lowest BCUT2D eigenvalue weighted by Crippen LogP contribution is -1.98. The summed E-state index contributed by atoms with van der Waals surface area (Å²) in [7, 11) is 0. The van der Waals surface area contributed by atoms with Crippen molar-refractivity contribution in [3.8, 4) is 0 Å². The number of halogens is 2. The van der Waals surface area contributed by atoms with Crippen LogP contribution in [0.15, 0.2) is 32.0 Å². The predicted molar refractivity (Wildman–Crippen MR) is 70.7 cm³/mol. The van der Waals surface area contributed by atoms with Crippen molar-refractivity contribution in [2.75, 3.05) is 0 Å². The zero-order valence-corrected chi connectivity index (χ0v) is 12.4. The maximum atomic E-state index is 10.1. The highest BCUT2D eigenvalue weighted by Crippen LogP contribution is 2.32. The molecule has 0 aliphatic heterocycles. The SMILES string of the molecule is CCCn1cc(C(O)c2cc(Br)c(Br)o2)cn1. The van der Waals surface area contributed by atoms with Crippen LogP contribution in [0.4, 0.5) is 0 Å². The molecular formula is C11H12Br2N2O2. The van der Waals surface area contributed by atoms with Gasteiger partial charge in [0.1, 0.15) is 11.9 Å². The largest absolute Gasteiger partial charge is 0.450 e. The molecule has 1 atom stereocenters. The Hall–Kier alpha value is -0.590. The molecule has 17 heavy (non-hydrogen) atoms. The van der Waals surface area contributed by atoms with E-state index >= 15 is 0 Å². The number of aryl methyl sites for hydroxylation is 1. The van der Waals surface area contributed by atoms with Crippen molar-refractivity contribution in [2.45, 2.75) is 26.0 Å². The minimum absolute atomic E-state index is 0.486. The summed E-state index contributed by atoms with van der Waals surface area (Å²) in [6.45, 7) is 2.93. The highest BCUT2D eigenvalue weighted by Gasteiger charge is 2.18. The Labute approximate surface area is 116 Å². The summed E-state index contributed by atoms with van der Waals surface area (Å²) in [5, 5.41) is 14.3. The van der Waals surface area contributed by atoms with Gasteiger partial charge in [-0.1, -0.05) is 6.92 Å². The monoisotopic (exact) mass is 362 g/mol. The van der Waals surface area contributed by atoms with Gasteiger partial charge in [-0.25, -0.2) is 0 Å². The molecule has 92 valence electrons. The van der Waals surface area contributed by atoms with E-state index in [9.17, 15) is 5.11 Å². The minimum atomic E-state index is -0.789. The summed E-state index contributed by atoms with van der Waals surface area (Å²) < 4.78 is 8.55. The van der Waals surface area contributed by atoms with E-state index in [0.717, 1.165) is 23.0 Å². The van der Waals surface area contributed by atoms with Gasteiger partial charge in [-0.15, -0.1) is 0 Å². The van der Waals surface area contributed by atoms with Gasteiger partial charge in [-0.2, -0.15) is 5.10 Å². The topological polar surface area (TPSA) is 51.2 Å². The average Bonchev–Trinajstić information content (AvgIpc) is 2.87. The van der Waals surface area contributed by atoms with Crippen LogP contribution < -0.4 is 0 Å². The molecule has 1 N–H and O–H groups in total. The molecule has 0 amide bonds. The first-order chi connectivity index (χ1) is 8.11. The zero-order chi connectivity index (χ0) is 12.4. The molecule has 0 aliphatic rings. The van der Waals surface area contributed by atoms with Gasteiger partial charge in [0.25, 0.3) is 0 Å². The summed E-state index contributed by atoms with van der Waals surface area (Å²) in [5.74, 6) is 0.486. The molecule has 0 aromatic carbocycles. The molecule has 0 radical (unpaired) electrons. The first kappa shape index (κ1) is 12.9. The van der Waals surface area contributed by atoms with Crippen LogP contribution in [-0.4, -0.2) is 14.9 Å². The van der Waals surface area contributed by atoms with Crippen LogP contribution in [0, 0.1) is 0 Å². The summed E-state index contributed by atoms with van der Waals surface area (Å²) in [6.07, 6.45) is 3.71. The lowest BCUT2D eigenvalue weighted by atomic mass is 10.1. The first-order valence-corrected chi connectivity index (χ1v) is 6.85. The molecule has 0 fully saturated rings. The van der Waals surface area contributed by atoms with Gasteiger partial charge < -0.3 is 9.52 Å². The van der Waals surface area contributed by atoms with Crippen molar-refractivity contribution in [1.29, 1.82) is 0 Å². The highest BCUT2D eigenvalue weighted by molar-refractivity contribution is 9.13. The highest BCUT2D eigenvalue weighted by atomic mass is 79.9. The predicted octanol–water partition coefficient (Wildman–Crippen LogP) is 3.49. The third kappa shape index (κ3) is 2.81. The van der Waals surface area contributed by atoms with Gasteiger partial charge in [0.05, 0.1) is 10.7 Å². The summed E-state index contributed by atoms with van der Waals surface area (Å²) in [4.78, 5) is 0. The second-order valence-corrected chi connectivity index (χ2v) is 5.28. The van der Waals surface area contributed by atoms with E-state index < -0.39 is 6.10 Å². The fourth-order valence-electron chi connectivity index (χ4n) is 1.53. The fraction of sp³-hybridized carbons (Fsp3) is 0.364. The van der Waals surface area contributed by atoms with Crippen molar-refractivity contribution in [2.24, 2.45) is 0 Å². The van der Waals surface area contributed by atoms with Gasteiger partial charge in [0.2, 0.25) is 0 Å². The number of furan rings is 1. The van der Waals surface area contributed by atoms with Crippen molar-refractivity contribution in [3.05, 3.63) is 38.9 Å². The molecule has 0 aliphatic carbocycles. The maximum absolute atomic E-state index is 10.1. The van der Waals surface area contributed by atoms with Gasteiger partial charge in [0.15, 0.2) is 4.67 Å². The standard InChI is InChI=1S/C11H12Br2N2O2/c1-2-3-15-6-7(5-14-15)10(16)9-4-8(12)11(13)17-9/h4-6,10,16H,2-3H2,1H3. The van der Waals surface area contributed by atoms with Crippen LogP contribution in [-0.2, 0) is 6.54 Å². The Balaban J connectivity index is 2.20. The molecule has 2 heterocycles. The Morgan fingerprint density at radius 3 is 2.88 bits per heavy atom. The van der Waals surface area contributed by atoms with E-state index in [1.807, 2.05) is 10.9 Å². The van der Waals surface area contributed by atoms with Crippen LogP contribution in [0.3, 0.4) is 0 Å². The average molecular weight is 364 g/mol. The molecule has 2 aromatic rings. The lowest BCUT2D eigenvalue weighted by Gasteiger charge is -2.03. The van der Waals surface area contributed by atoms with Crippen LogP contribution in [0.25, 0.3) is 0 Å². The molecular weight excluding hydrogens is 352 g/mol. The normalized spacial score (nSPS) is 12.9. The Kier molecular flexibility index (Phi) is 4.06. The van der Waals surface area contributed by atoms with E-state index in [1.165, 1.54) is 0 Å². The van der Waals surface area contributed by atoms with Crippen molar-refractivity contribution in [1.82, 2.24) is 9.78 Å². The Bertz CT molecular complexity index is 488.